The van der Waals surface area contributed by atoms with Gasteiger partial charge >= 0.3 is 0 Å². The molecule has 2 aromatic rings. The molecule has 0 radical (unpaired) electrons. The lowest BCUT2D eigenvalue weighted by Gasteiger charge is -2.09. The maximum absolute atomic E-state index is 13.4. The average Bonchev–Trinajstić information content (AvgIpc) is 2.36. The summed E-state index contributed by atoms with van der Waals surface area (Å²) in [5, 5.41) is 0. The number of hydrogen-bond donors (Lipinski definition) is 0. The Balaban J connectivity index is 2.37. The molecule has 1 aromatic carbocycles. The predicted octanol–water partition coefficient (Wildman–Crippen LogP) is 4.01. The number of halogens is 3. The van der Waals surface area contributed by atoms with Crippen molar-refractivity contribution in [3.63, 3.8) is 0 Å². The van der Waals surface area contributed by atoms with Crippen molar-refractivity contribution >= 4 is 11.8 Å². The first-order chi connectivity index (χ1) is 8.61. The monoisotopic (exact) mass is 271 g/mol. The van der Waals surface area contributed by atoms with Crippen molar-refractivity contribution < 1.29 is 17.9 Å². The van der Waals surface area contributed by atoms with Crippen LogP contribution in [0.3, 0.4) is 0 Å². The number of thioether (sulfide) groups is 1. The topological polar surface area (TPSA) is 22.1 Å². The van der Waals surface area contributed by atoms with Gasteiger partial charge in [0.2, 0.25) is 0 Å². The molecule has 0 saturated heterocycles. The van der Waals surface area contributed by atoms with E-state index in [1.54, 1.807) is 24.3 Å². The molecule has 1 heterocycles. The van der Waals surface area contributed by atoms with Gasteiger partial charge in [0.05, 0.1) is 0 Å². The van der Waals surface area contributed by atoms with Crippen molar-refractivity contribution in [1.29, 1.82) is 0 Å². The van der Waals surface area contributed by atoms with Crippen LogP contribution in [-0.4, -0.2) is 11.2 Å². The summed E-state index contributed by atoms with van der Waals surface area (Å²) < 4.78 is 44.1. The molecule has 2 rings (SSSR count). The standard InChI is InChI=1S/C12H8F3NOS/c1-18-10-5-3-2-4-9(10)17-12-8(14)6-7(13)11(15)16-12/h2-6H,1H3. The van der Waals surface area contributed by atoms with E-state index in [1.807, 2.05) is 6.26 Å². The van der Waals surface area contributed by atoms with Crippen LogP contribution in [-0.2, 0) is 0 Å². The van der Waals surface area contributed by atoms with Gasteiger partial charge in [-0.15, -0.1) is 11.8 Å². The third-order valence-corrected chi connectivity index (χ3v) is 2.91. The highest BCUT2D eigenvalue weighted by molar-refractivity contribution is 7.98. The third-order valence-electron chi connectivity index (χ3n) is 2.13. The molecular formula is C12H8F3NOS. The van der Waals surface area contributed by atoms with Crippen LogP contribution in [0.25, 0.3) is 0 Å². The van der Waals surface area contributed by atoms with Crippen molar-refractivity contribution in [2.24, 2.45) is 0 Å². The van der Waals surface area contributed by atoms with Crippen molar-refractivity contribution in [1.82, 2.24) is 4.98 Å². The minimum atomic E-state index is -1.40. The number of ether oxygens (including phenoxy) is 1. The molecule has 0 aliphatic heterocycles. The van der Waals surface area contributed by atoms with E-state index < -0.39 is 23.5 Å². The van der Waals surface area contributed by atoms with E-state index in [4.69, 9.17) is 4.74 Å². The van der Waals surface area contributed by atoms with E-state index in [1.165, 1.54) is 11.8 Å². The van der Waals surface area contributed by atoms with E-state index in [2.05, 4.69) is 4.98 Å². The molecular weight excluding hydrogens is 263 g/mol. The molecule has 0 fully saturated rings. The predicted molar refractivity (Wildman–Crippen MR) is 62.4 cm³/mol. The summed E-state index contributed by atoms with van der Waals surface area (Å²) >= 11 is 1.38. The van der Waals surface area contributed by atoms with E-state index in [-0.39, 0.29) is 0 Å². The Morgan fingerprint density at radius 1 is 1.11 bits per heavy atom. The van der Waals surface area contributed by atoms with Gasteiger partial charge in [-0.05, 0) is 18.4 Å². The summed E-state index contributed by atoms with van der Waals surface area (Å²) in [7, 11) is 0. The minimum Gasteiger partial charge on any atom is -0.435 e. The Hall–Kier alpha value is -1.69. The number of para-hydroxylation sites is 1. The number of nitrogens with zero attached hydrogens (tertiary/aromatic N) is 1. The SMILES string of the molecule is CSc1ccccc1Oc1nc(F)c(F)cc1F. The first-order valence-corrected chi connectivity index (χ1v) is 6.16. The molecule has 1 aromatic heterocycles. The van der Waals surface area contributed by atoms with Crippen LogP contribution in [0.4, 0.5) is 13.2 Å². The fourth-order valence-electron chi connectivity index (χ4n) is 1.31. The lowest BCUT2D eigenvalue weighted by Crippen LogP contribution is -1.98. The third kappa shape index (κ3) is 2.59. The maximum atomic E-state index is 13.4. The zero-order valence-electron chi connectivity index (χ0n) is 9.28. The van der Waals surface area contributed by atoms with Gasteiger partial charge in [-0.3, -0.25) is 0 Å². The Labute approximate surface area is 106 Å². The normalized spacial score (nSPS) is 10.4. The zero-order chi connectivity index (χ0) is 13.1. The molecule has 0 atom stereocenters. The number of aromatic nitrogens is 1. The Kier molecular flexibility index (Phi) is 3.76. The number of pyridine rings is 1. The maximum Gasteiger partial charge on any atom is 0.258 e. The van der Waals surface area contributed by atoms with Gasteiger partial charge in [0, 0.05) is 11.0 Å². The van der Waals surface area contributed by atoms with Gasteiger partial charge in [0.25, 0.3) is 11.8 Å². The fourth-order valence-corrected chi connectivity index (χ4v) is 1.83. The second-order valence-electron chi connectivity index (χ2n) is 3.30. The van der Waals surface area contributed by atoms with Crippen LogP contribution in [0.2, 0.25) is 0 Å². The smallest absolute Gasteiger partial charge is 0.258 e. The van der Waals surface area contributed by atoms with Crippen molar-refractivity contribution in [3.8, 4) is 11.6 Å². The molecule has 0 aliphatic rings. The Bertz CT molecular complexity index is 577. The van der Waals surface area contributed by atoms with Crippen LogP contribution >= 0.6 is 11.8 Å². The first kappa shape index (κ1) is 12.8. The van der Waals surface area contributed by atoms with Gasteiger partial charge in [-0.2, -0.15) is 9.37 Å². The molecule has 0 unspecified atom stereocenters. The van der Waals surface area contributed by atoms with Crippen molar-refractivity contribution in [3.05, 3.63) is 47.9 Å². The van der Waals surface area contributed by atoms with Crippen molar-refractivity contribution in [2.75, 3.05) is 6.26 Å². The van der Waals surface area contributed by atoms with Crippen LogP contribution in [0.1, 0.15) is 0 Å². The van der Waals surface area contributed by atoms with Crippen molar-refractivity contribution in [2.45, 2.75) is 4.90 Å². The number of rotatable bonds is 3. The summed E-state index contributed by atoms with van der Waals surface area (Å²) in [6, 6.07) is 7.23. The Morgan fingerprint density at radius 3 is 2.56 bits per heavy atom. The summed E-state index contributed by atoms with van der Waals surface area (Å²) in [5.41, 5.74) is 0. The summed E-state index contributed by atoms with van der Waals surface area (Å²) in [5.74, 6) is -4.05. The molecule has 94 valence electrons. The van der Waals surface area contributed by atoms with Gasteiger partial charge < -0.3 is 4.74 Å². The molecule has 0 saturated carbocycles. The molecule has 6 heteroatoms. The van der Waals surface area contributed by atoms with E-state index in [9.17, 15) is 13.2 Å². The van der Waals surface area contributed by atoms with E-state index >= 15 is 0 Å². The average molecular weight is 271 g/mol. The number of hydrogen-bond acceptors (Lipinski definition) is 3. The second kappa shape index (κ2) is 5.30. The van der Waals surface area contributed by atoms with Gasteiger partial charge in [0.1, 0.15) is 5.75 Å². The van der Waals surface area contributed by atoms with Crippen LogP contribution in [0.5, 0.6) is 11.6 Å². The summed E-state index contributed by atoms with van der Waals surface area (Å²) in [4.78, 5) is 3.83. The van der Waals surface area contributed by atoms with Gasteiger partial charge in [-0.25, -0.2) is 8.78 Å². The largest absolute Gasteiger partial charge is 0.435 e. The first-order valence-electron chi connectivity index (χ1n) is 4.94. The van der Waals surface area contributed by atoms with E-state index in [0.717, 1.165) is 4.90 Å². The highest BCUT2D eigenvalue weighted by Gasteiger charge is 2.14. The van der Waals surface area contributed by atoms with E-state index in [0.29, 0.717) is 11.8 Å². The lowest BCUT2D eigenvalue weighted by molar-refractivity contribution is 0.382. The molecule has 2 nitrogen and oxygen atoms in total. The fraction of sp³-hybridized carbons (Fsp3) is 0.0833. The molecule has 18 heavy (non-hydrogen) atoms. The lowest BCUT2D eigenvalue weighted by atomic mass is 10.3. The number of benzene rings is 1. The highest BCUT2D eigenvalue weighted by atomic mass is 32.2. The molecule has 0 bridgehead atoms. The molecule has 0 spiro atoms. The van der Waals surface area contributed by atoms with Crippen LogP contribution in [0.15, 0.2) is 35.2 Å². The molecule has 0 aliphatic carbocycles. The van der Waals surface area contributed by atoms with Gasteiger partial charge in [-0.1, -0.05) is 12.1 Å². The van der Waals surface area contributed by atoms with Crippen LogP contribution in [0, 0.1) is 17.6 Å². The van der Waals surface area contributed by atoms with Crippen LogP contribution < -0.4 is 4.74 Å². The second-order valence-corrected chi connectivity index (χ2v) is 4.15. The minimum absolute atomic E-state index is 0.336. The zero-order valence-corrected chi connectivity index (χ0v) is 10.1. The van der Waals surface area contributed by atoms with Gasteiger partial charge in [0.15, 0.2) is 11.6 Å². The molecule has 0 N–H and O–H groups in total. The highest BCUT2D eigenvalue weighted by Crippen LogP contribution is 2.31. The quantitative estimate of drug-likeness (QED) is 0.622. The summed E-state index contributed by atoms with van der Waals surface area (Å²) in [6.45, 7) is 0. The molecule has 0 amide bonds. The summed E-state index contributed by atoms with van der Waals surface area (Å²) in [6.07, 6.45) is 1.82. The Morgan fingerprint density at radius 2 is 1.83 bits per heavy atom.